The van der Waals surface area contributed by atoms with Gasteiger partial charge in [0.05, 0.1) is 26.4 Å². The second-order valence-corrected chi connectivity index (χ2v) is 7.88. The molecule has 0 aliphatic carbocycles. The topological polar surface area (TPSA) is 77.4 Å². The third-order valence-electron chi connectivity index (χ3n) is 2.26. The first-order chi connectivity index (χ1) is 8.20. The van der Waals surface area contributed by atoms with Crippen LogP contribution in [-0.2, 0) is 39.2 Å². The van der Waals surface area contributed by atoms with Crippen molar-refractivity contribution in [3.05, 3.63) is 0 Å². The molecule has 2 fully saturated rings. The van der Waals surface area contributed by atoms with E-state index in [2.05, 4.69) is 0 Å². The van der Waals surface area contributed by atoms with Gasteiger partial charge in [0.25, 0.3) is 0 Å². The van der Waals surface area contributed by atoms with E-state index >= 15 is 0 Å². The number of rotatable bonds is 0. The maximum atomic E-state index is 8.76. The number of hydrogen-bond donors (Lipinski definition) is 2. The first-order valence-corrected chi connectivity index (χ1v) is 7.96. The molecule has 2 saturated heterocycles. The molecule has 2 aliphatic heterocycles. The molecule has 2 aliphatic rings. The molecule has 0 aromatic carbocycles. The molecule has 0 atom stereocenters. The molecule has 0 unspecified atom stereocenters. The van der Waals surface area contributed by atoms with Crippen LogP contribution in [0.15, 0.2) is 0 Å². The van der Waals surface area contributed by atoms with Gasteiger partial charge in [-0.2, -0.15) is 0 Å². The molecule has 19 heavy (non-hydrogen) atoms. The van der Waals surface area contributed by atoms with E-state index in [-0.39, 0.29) is 31.9 Å². The summed E-state index contributed by atoms with van der Waals surface area (Å²) in [5.74, 6) is 0. The van der Waals surface area contributed by atoms with Crippen LogP contribution < -0.4 is 0 Å². The Bertz CT molecular complexity index is 220. The van der Waals surface area contributed by atoms with Crippen LogP contribution >= 0.6 is 17.2 Å². The summed E-state index contributed by atoms with van der Waals surface area (Å²) in [4.78, 5) is 17.5. The zero-order valence-electron chi connectivity index (χ0n) is 11.6. The van der Waals surface area contributed by atoms with Gasteiger partial charge >= 0.3 is 17.2 Å². The van der Waals surface area contributed by atoms with E-state index in [1.165, 1.54) is 0 Å². The predicted molar refractivity (Wildman–Crippen MR) is 69.6 cm³/mol. The van der Waals surface area contributed by atoms with E-state index in [0.717, 1.165) is 0 Å². The second-order valence-electron chi connectivity index (χ2n) is 5.90. The monoisotopic (exact) mass is 495 g/mol. The van der Waals surface area contributed by atoms with Crippen molar-refractivity contribution in [2.45, 2.75) is 27.7 Å². The van der Waals surface area contributed by atoms with Crippen molar-refractivity contribution in [1.82, 2.24) is 0 Å². The first kappa shape index (κ1) is 20.3. The molecule has 0 aromatic heterocycles. The summed E-state index contributed by atoms with van der Waals surface area (Å²) in [6.07, 6.45) is 0. The summed E-state index contributed by atoms with van der Waals surface area (Å²) in [6, 6.07) is 0. The Kier molecular flexibility index (Phi) is 9.28. The average Bonchev–Trinajstić information content (AvgIpc) is 2.28. The smallest absolute Gasteiger partial charge is 0.328 e. The fourth-order valence-electron chi connectivity index (χ4n) is 1.08. The Morgan fingerprint density at radius 3 is 1.05 bits per heavy atom. The summed E-state index contributed by atoms with van der Waals surface area (Å²) in [5, 5.41) is 0. The minimum Gasteiger partial charge on any atom is -0.328 e. The fraction of sp³-hybridized carbons (Fsp3) is 1.00. The summed E-state index contributed by atoms with van der Waals surface area (Å²) in [6.45, 7) is 10.5. The van der Waals surface area contributed by atoms with E-state index < -0.39 is 17.2 Å². The zero-order chi connectivity index (χ0) is 13.8. The molecule has 0 bridgehead atoms. The molecule has 0 spiro atoms. The van der Waals surface area contributed by atoms with E-state index in [1.54, 1.807) is 0 Å². The third-order valence-corrected chi connectivity index (χ3v) is 3.66. The van der Waals surface area contributed by atoms with Gasteiger partial charge in [0.1, 0.15) is 0 Å². The molecule has 0 aromatic rings. The van der Waals surface area contributed by atoms with Crippen LogP contribution in [0.2, 0.25) is 0 Å². The van der Waals surface area contributed by atoms with Gasteiger partial charge in [-0.15, -0.1) is 0 Å². The molecule has 2 rings (SSSR count). The molecule has 2 N–H and O–H groups in total. The van der Waals surface area contributed by atoms with Gasteiger partial charge in [-0.1, -0.05) is 27.7 Å². The van der Waals surface area contributed by atoms with Crippen LogP contribution in [0.4, 0.5) is 0 Å². The molecule has 0 radical (unpaired) electrons. The summed E-state index contributed by atoms with van der Waals surface area (Å²) >= 11 is 0. The van der Waals surface area contributed by atoms with Gasteiger partial charge in [-0.3, -0.25) is 0 Å². The Labute approximate surface area is 131 Å². The normalized spacial score (nSPS) is 26.8. The molecule has 118 valence electrons. The van der Waals surface area contributed by atoms with Gasteiger partial charge in [0.2, 0.25) is 0 Å². The quantitative estimate of drug-likeness (QED) is 0.504. The molecule has 9 heteroatoms. The van der Waals surface area contributed by atoms with Crippen molar-refractivity contribution in [2.75, 3.05) is 26.4 Å². The molecular weight excluding hydrogens is 473 g/mol. The Balaban J connectivity index is 0.000000324. The van der Waals surface area contributed by atoms with Gasteiger partial charge in [-0.05, 0) is 0 Å². The van der Waals surface area contributed by atoms with Crippen molar-refractivity contribution >= 4 is 17.2 Å². The first-order valence-electron chi connectivity index (χ1n) is 5.70. The van der Waals surface area contributed by atoms with E-state index in [0.29, 0.717) is 26.4 Å². The SMILES string of the molecule is CC1(C)COP(O)OC1.CC1(C)COP(O)OC1.[Pt]. The van der Waals surface area contributed by atoms with E-state index in [4.69, 9.17) is 27.9 Å². The van der Waals surface area contributed by atoms with Crippen LogP contribution in [0.1, 0.15) is 27.7 Å². The van der Waals surface area contributed by atoms with Crippen molar-refractivity contribution < 1.29 is 48.9 Å². The van der Waals surface area contributed by atoms with Gasteiger partial charge < -0.3 is 27.9 Å². The third kappa shape index (κ3) is 9.03. The van der Waals surface area contributed by atoms with Gasteiger partial charge in [0, 0.05) is 31.9 Å². The van der Waals surface area contributed by atoms with Crippen LogP contribution in [0.5, 0.6) is 0 Å². The summed E-state index contributed by atoms with van der Waals surface area (Å²) in [5.41, 5.74) is 0.142. The minimum atomic E-state index is -1.55. The Hall–Kier alpha value is 1.31. The van der Waals surface area contributed by atoms with Crippen LogP contribution in [0, 0.1) is 10.8 Å². The Morgan fingerprint density at radius 1 is 0.684 bits per heavy atom. The van der Waals surface area contributed by atoms with Crippen LogP contribution in [0.25, 0.3) is 0 Å². The predicted octanol–water partition coefficient (Wildman–Crippen LogP) is 2.55. The summed E-state index contributed by atoms with van der Waals surface area (Å²) < 4.78 is 19.6. The molecule has 2 heterocycles. The number of hydrogen-bond acceptors (Lipinski definition) is 6. The molecule has 0 saturated carbocycles. The van der Waals surface area contributed by atoms with Gasteiger partial charge in [-0.25, -0.2) is 0 Å². The molecule has 0 amide bonds. The second kappa shape index (κ2) is 8.68. The van der Waals surface area contributed by atoms with Crippen LogP contribution in [0.3, 0.4) is 0 Å². The van der Waals surface area contributed by atoms with E-state index in [1.807, 2.05) is 27.7 Å². The Morgan fingerprint density at radius 2 is 0.895 bits per heavy atom. The average molecular weight is 495 g/mol. The van der Waals surface area contributed by atoms with Crippen molar-refractivity contribution in [2.24, 2.45) is 10.8 Å². The van der Waals surface area contributed by atoms with Crippen molar-refractivity contribution in [3.63, 3.8) is 0 Å². The maximum absolute atomic E-state index is 8.76. The zero-order valence-corrected chi connectivity index (χ0v) is 15.6. The minimum absolute atomic E-state index is 0. The van der Waals surface area contributed by atoms with Crippen LogP contribution in [-0.4, -0.2) is 36.2 Å². The van der Waals surface area contributed by atoms with E-state index in [9.17, 15) is 0 Å². The van der Waals surface area contributed by atoms with Crippen molar-refractivity contribution in [1.29, 1.82) is 0 Å². The standard InChI is InChI=1S/2C5H11O3P.Pt/c2*1-5(2)3-7-9(6)8-4-5;/h2*6H,3-4H2,1-2H3;. The molecular formula is C10H22O6P2Pt. The largest absolute Gasteiger partial charge is 0.329 e. The fourth-order valence-corrected chi connectivity index (χ4v) is 3.07. The van der Waals surface area contributed by atoms with Crippen molar-refractivity contribution in [3.8, 4) is 0 Å². The summed E-state index contributed by atoms with van der Waals surface area (Å²) in [7, 11) is -3.10. The van der Waals surface area contributed by atoms with Gasteiger partial charge in [0.15, 0.2) is 0 Å². The maximum Gasteiger partial charge on any atom is 0.329 e. The molecule has 6 nitrogen and oxygen atoms in total.